The van der Waals surface area contributed by atoms with Crippen molar-refractivity contribution in [3.8, 4) is 0 Å². The average molecular weight is 296 g/mol. The highest BCUT2D eigenvalue weighted by atomic mass is 79.9. The van der Waals surface area contributed by atoms with Crippen molar-refractivity contribution in [3.63, 3.8) is 0 Å². The zero-order valence-corrected chi connectivity index (χ0v) is 12.1. The van der Waals surface area contributed by atoms with Crippen molar-refractivity contribution in [3.05, 3.63) is 34.3 Å². The molecule has 1 fully saturated rings. The molecule has 0 radical (unpaired) electrons. The van der Waals surface area contributed by atoms with Gasteiger partial charge in [-0.1, -0.05) is 60.3 Å². The maximum absolute atomic E-state index is 6.43. The largest absolute Gasteiger partial charge is 0.324 e. The van der Waals surface area contributed by atoms with Crippen molar-refractivity contribution in [2.75, 3.05) is 0 Å². The average Bonchev–Trinajstić information content (AvgIpc) is 2.39. The van der Waals surface area contributed by atoms with Crippen LogP contribution in [0.2, 0.25) is 0 Å². The third kappa shape index (κ3) is 3.11. The van der Waals surface area contributed by atoms with Crippen LogP contribution in [0.4, 0.5) is 0 Å². The lowest BCUT2D eigenvalue weighted by Crippen LogP contribution is -2.26. The smallest absolute Gasteiger partial charge is 0.0334 e. The third-order valence-corrected chi connectivity index (χ3v) is 4.96. The van der Waals surface area contributed by atoms with E-state index in [0.29, 0.717) is 5.92 Å². The summed E-state index contributed by atoms with van der Waals surface area (Å²) in [5, 5.41) is 0. The van der Waals surface area contributed by atoms with E-state index in [-0.39, 0.29) is 6.04 Å². The molecule has 1 nitrogen and oxygen atoms in total. The second-order valence-electron chi connectivity index (χ2n) is 5.24. The molecule has 17 heavy (non-hydrogen) atoms. The number of hydrogen-bond donors (Lipinski definition) is 1. The molecule has 1 aromatic carbocycles. The van der Waals surface area contributed by atoms with Gasteiger partial charge >= 0.3 is 0 Å². The van der Waals surface area contributed by atoms with Crippen LogP contribution in [0.1, 0.15) is 50.6 Å². The Hall–Kier alpha value is -0.340. The van der Waals surface area contributed by atoms with Crippen LogP contribution in [0, 0.1) is 11.8 Å². The van der Waals surface area contributed by atoms with Gasteiger partial charge in [0.2, 0.25) is 0 Å². The molecule has 1 aliphatic carbocycles. The fraction of sp³-hybridized carbons (Fsp3) is 0.600. The quantitative estimate of drug-likeness (QED) is 0.862. The van der Waals surface area contributed by atoms with E-state index in [9.17, 15) is 0 Å². The number of halogens is 1. The summed E-state index contributed by atoms with van der Waals surface area (Å²) in [5.41, 5.74) is 7.70. The van der Waals surface area contributed by atoms with Crippen LogP contribution in [0.5, 0.6) is 0 Å². The molecule has 2 rings (SSSR count). The van der Waals surface area contributed by atoms with Gasteiger partial charge in [0, 0.05) is 10.5 Å². The van der Waals surface area contributed by atoms with E-state index < -0.39 is 0 Å². The van der Waals surface area contributed by atoms with Crippen molar-refractivity contribution < 1.29 is 0 Å². The van der Waals surface area contributed by atoms with E-state index in [1.807, 2.05) is 6.07 Å². The van der Waals surface area contributed by atoms with Crippen LogP contribution in [-0.2, 0) is 0 Å². The zero-order chi connectivity index (χ0) is 12.3. The SMILES string of the molecule is CCC1CCC(C(N)c2ccccc2Br)CC1. The molecule has 1 unspecified atom stereocenters. The molecular weight excluding hydrogens is 274 g/mol. The molecule has 0 amide bonds. The molecule has 2 heteroatoms. The summed E-state index contributed by atoms with van der Waals surface area (Å²) in [7, 11) is 0. The number of rotatable bonds is 3. The van der Waals surface area contributed by atoms with Crippen LogP contribution in [-0.4, -0.2) is 0 Å². The summed E-state index contributed by atoms with van der Waals surface area (Å²) in [6, 6.07) is 8.57. The van der Waals surface area contributed by atoms with Gasteiger partial charge in [-0.15, -0.1) is 0 Å². The van der Waals surface area contributed by atoms with Crippen molar-refractivity contribution in [2.24, 2.45) is 17.6 Å². The van der Waals surface area contributed by atoms with Crippen molar-refractivity contribution in [2.45, 2.75) is 45.1 Å². The summed E-state index contributed by atoms with van der Waals surface area (Å²) in [6.45, 7) is 2.30. The Morgan fingerprint density at radius 2 is 1.88 bits per heavy atom. The predicted octanol–water partition coefficient (Wildman–Crippen LogP) is 4.67. The Kier molecular flexibility index (Phi) is 4.63. The predicted molar refractivity (Wildman–Crippen MR) is 76.8 cm³/mol. The highest BCUT2D eigenvalue weighted by molar-refractivity contribution is 9.10. The van der Waals surface area contributed by atoms with E-state index in [1.165, 1.54) is 37.7 Å². The van der Waals surface area contributed by atoms with Gasteiger partial charge in [-0.3, -0.25) is 0 Å². The Bertz CT molecular complexity index is 356. The zero-order valence-electron chi connectivity index (χ0n) is 10.5. The third-order valence-electron chi connectivity index (χ3n) is 4.24. The Morgan fingerprint density at radius 1 is 1.24 bits per heavy atom. The first-order chi connectivity index (χ1) is 8.22. The van der Waals surface area contributed by atoms with Crippen LogP contribution >= 0.6 is 15.9 Å². The van der Waals surface area contributed by atoms with Crippen molar-refractivity contribution in [1.82, 2.24) is 0 Å². The summed E-state index contributed by atoms with van der Waals surface area (Å²) < 4.78 is 1.16. The first kappa shape index (κ1) is 13.1. The summed E-state index contributed by atoms with van der Waals surface area (Å²) >= 11 is 3.61. The molecular formula is C15H22BrN. The molecule has 0 aromatic heterocycles. The molecule has 1 aliphatic rings. The van der Waals surface area contributed by atoms with E-state index in [4.69, 9.17) is 5.73 Å². The minimum absolute atomic E-state index is 0.198. The normalized spacial score (nSPS) is 26.8. The summed E-state index contributed by atoms with van der Waals surface area (Å²) in [6.07, 6.45) is 6.64. The van der Waals surface area contributed by atoms with Gasteiger partial charge in [0.05, 0.1) is 0 Å². The standard InChI is InChI=1S/C15H22BrN/c1-2-11-7-9-12(10-8-11)15(17)13-5-3-4-6-14(13)16/h3-6,11-12,15H,2,7-10,17H2,1H3. The van der Waals surface area contributed by atoms with Gasteiger partial charge in [-0.2, -0.15) is 0 Å². The molecule has 0 heterocycles. The van der Waals surface area contributed by atoms with Gasteiger partial charge in [0.25, 0.3) is 0 Å². The topological polar surface area (TPSA) is 26.0 Å². The first-order valence-corrected chi connectivity index (χ1v) is 7.51. The lowest BCUT2D eigenvalue weighted by molar-refractivity contribution is 0.239. The van der Waals surface area contributed by atoms with Crippen molar-refractivity contribution >= 4 is 15.9 Å². The van der Waals surface area contributed by atoms with Gasteiger partial charge in [0.15, 0.2) is 0 Å². The van der Waals surface area contributed by atoms with Crippen LogP contribution in [0.3, 0.4) is 0 Å². The summed E-state index contributed by atoms with van der Waals surface area (Å²) in [5.74, 6) is 1.61. The molecule has 0 saturated heterocycles. The van der Waals surface area contributed by atoms with Gasteiger partial charge in [-0.25, -0.2) is 0 Å². The molecule has 2 N–H and O–H groups in total. The fourth-order valence-electron chi connectivity index (χ4n) is 2.95. The van der Waals surface area contributed by atoms with Crippen LogP contribution in [0.15, 0.2) is 28.7 Å². The number of hydrogen-bond acceptors (Lipinski definition) is 1. The van der Waals surface area contributed by atoms with E-state index in [2.05, 4.69) is 41.1 Å². The Balaban J connectivity index is 2.02. The van der Waals surface area contributed by atoms with Gasteiger partial charge < -0.3 is 5.73 Å². The molecule has 0 spiro atoms. The Labute approximate surface area is 113 Å². The van der Waals surface area contributed by atoms with Gasteiger partial charge in [0.1, 0.15) is 0 Å². The Morgan fingerprint density at radius 3 is 2.47 bits per heavy atom. The fourth-order valence-corrected chi connectivity index (χ4v) is 3.50. The van der Waals surface area contributed by atoms with Crippen LogP contribution < -0.4 is 5.73 Å². The molecule has 1 saturated carbocycles. The highest BCUT2D eigenvalue weighted by Gasteiger charge is 2.26. The van der Waals surface area contributed by atoms with Gasteiger partial charge in [-0.05, 0) is 36.3 Å². The number of benzene rings is 1. The molecule has 0 bridgehead atoms. The summed E-state index contributed by atoms with van der Waals surface area (Å²) in [4.78, 5) is 0. The first-order valence-electron chi connectivity index (χ1n) is 6.72. The highest BCUT2D eigenvalue weighted by Crippen LogP contribution is 2.38. The second kappa shape index (κ2) is 6.01. The lowest BCUT2D eigenvalue weighted by atomic mass is 9.76. The molecule has 0 aliphatic heterocycles. The number of nitrogens with two attached hydrogens (primary N) is 1. The van der Waals surface area contributed by atoms with E-state index in [1.54, 1.807) is 0 Å². The molecule has 1 aromatic rings. The van der Waals surface area contributed by atoms with Crippen molar-refractivity contribution in [1.29, 1.82) is 0 Å². The minimum Gasteiger partial charge on any atom is -0.324 e. The monoisotopic (exact) mass is 295 g/mol. The second-order valence-corrected chi connectivity index (χ2v) is 6.09. The maximum Gasteiger partial charge on any atom is 0.0334 e. The van der Waals surface area contributed by atoms with E-state index in [0.717, 1.165) is 10.4 Å². The molecule has 94 valence electrons. The molecule has 1 atom stereocenters. The van der Waals surface area contributed by atoms with E-state index >= 15 is 0 Å². The van der Waals surface area contributed by atoms with Crippen LogP contribution in [0.25, 0.3) is 0 Å². The minimum atomic E-state index is 0.198. The lowest BCUT2D eigenvalue weighted by Gasteiger charge is -2.32. The maximum atomic E-state index is 6.43.